The Labute approximate surface area is 220 Å². The molecule has 2 aromatic rings. The van der Waals surface area contributed by atoms with Crippen molar-refractivity contribution in [3.05, 3.63) is 59.2 Å². The summed E-state index contributed by atoms with van der Waals surface area (Å²) in [5, 5.41) is 16.5. The second kappa shape index (κ2) is 13.1. The fourth-order valence-corrected chi connectivity index (χ4v) is 3.96. The number of para-hydroxylation sites is 2. The van der Waals surface area contributed by atoms with Crippen LogP contribution in [0.2, 0.25) is 0 Å². The molecule has 0 fully saturated rings. The van der Waals surface area contributed by atoms with E-state index in [0.29, 0.717) is 23.2 Å². The van der Waals surface area contributed by atoms with Gasteiger partial charge in [-0.1, -0.05) is 56.2 Å². The summed E-state index contributed by atoms with van der Waals surface area (Å²) in [6.07, 6.45) is 1.70. The summed E-state index contributed by atoms with van der Waals surface area (Å²) in [6.45, 7) is 12.7. The highest BCUT2D eigenvalue weighted by atomic mass is 16.6. The van der Waals surface area contributed by atoms with Crippen LogP contribution in [0.4, 0.5) is 10.5 Å². The highest BCUT2D eigenvalue weighted by Gasteiger charge is 2.36. The molecule has 2 atom stereocenters. The van der Waals surface area contributed by atoms with E-state index in [0.717, 1.165) is 18.4 Å². The van der Waals surface area contributed by atoms with E-state index in [9.17, 15) is 19.5 Å². The number of nitrogens with one attached hydrogen (secondary N) is 2. The Hall–Kier alpha value is -3.55. The summed E-state index contributed by atoms with van der Waals surface area (Å²) < 4.78 is 5.32. The molecule has 37 heavy (non-hydrogen) atoms. The number of phenols is 1. The zero-order valence-electron chi connectivity index (χ0n) is 23.1. The fraction of sp³-hybridized carbons (Fsp3) is 0.483. The predicted molar refractivity (Wildman–Crippen MR) is 145 cm³/mol. The third-order valence-electron chi connectivity index (χ3n) is 5.92. The van der Waals surface area contributed by atoms with E-state index in [2.05, 4.69) is 10.6 Å². The number of carbonyl (C=O) groups is 3. The minimum absolute atomic E-state index is 0.0477. The van der Waals surface area contributed by atoms with E-state index < -0.39 is 35.6 Å². The molecule has 2 aromatic carbocycles. The van der Waals surface area contributed by atoms with Crippen molar-refractivity contribution in [3.8, 4) is 5.75 Å². The molecule has 2 rings (SSSR count). The number of rotatable bonds is 10. The first kappa shape index (κ1) is 29.7. The number of nitrogens with zero attached hydrogens (tertiary/aromatic N) is 1. The third kappa shape index (κ3) is 8.51. The van der Waals surface area contributed by atoms with Crippen molar-refractivity contribution in [2.45, 2.75) is 85.4 Å². The van der Waals surface area contributed by atoms with Gasteiger partial charge in [0.25, 0.3) is 5.91 Å². The van der Waals surface area contributed by atoms with Crippen LogP contribution in [0.3, 0.4) is 0 Å². The van der Waals surface area contributed by atoms with Crippen LogP contribution < -0.4 is 10.6 Å². The predicted octanol–water partition coefficient (Wildman–Crippen LogP) is 5.62. The van der Waals surface area contributed by atoms with Crippen molar-refractivity contribution in [3.63, 3.8) is 0 Å². The molecule has 3 N–H and O–H groups in total. The number of phenolic OH excluding ortho intramolecular Hbond substituents is 1. The lowest BCUT2D eigenvalue weighted by atomic mass is 9.98. The second-order valence-electron chi connectivity index (χ2n) is 10.3. The molecule has 2 unspecified atom stereocenters. The molecule has 0 spiro atoms. The minimum atomic E-state index is -1.12. The van der Waals surface area contributed by atoms with E-state index in [1.54, 1.807) is 58.9 Å². The van der Waals surface area contributed by atoms with Crippen LogP contribution in [0.1, 0.15) is 76.6 Å². The van der Waals surface area contributed by atoms with Crippen LogP contribution in [0.15, 0.2) is 42.5 Å². The third-order valence-corrected chi connectivity index (χ3v) is 5.92. The maximum absolute atomic E-state index is 13.8. The number of aryl methyl sites for hydroxylation is 2. The molecule has 0 saturated heterocycles. The van der Waals surface area contributed by atoms with Gasteiger partial charge in [0.1, 0.15) is 23.4 Å². The van der Waals surface area contributed by atoms with Crippen LogP contribution >= 0.6 is 0 Å². The summed E-state index contributed by atoms with van der Waals surface area (Å²) in [4.78, 5) is 41.4. The average Bonchev–Trinajstić information content (AvgIpc) is 2.80. The Bertz CT molecular complexity index is 1090. The van der Waals surface area contributed by atoms with E-state index in [1.165, 1.54) is 4.90 Å². The smallest absolute Gasteiger partial charge is 0.408 e. The molecular formula is C29H41N3O5. The molecule has 8 nitrogen and oxygen atoms in total. The van der Waals surface area contributed by atoms with Gasteiger partial charge in [-0.05, 0) is 65.2 Å². The van der Waals surface area contributed by atoms with Crippen LogP contribution in [-0.4, -0.2) is 46.1 Å². The van der Waals surface area contributed by atoms with Gasteiger partial charge < -0.3 is 25.4 Å². The highest BCUT2D eigenvalue weighted by molar-refractivity contribution is 5.99. The van der Waals surface area contributed by atoms with Gasteiger partial charge in [0, 0.05) is 17.8 Å². The number of hydrogen-bond acceptors (Lipinski definition) is 5. The molecular weight excluding hydrogens is 470 g/mol. The maximum atomic E-state index is 13.8. The molecule has 0 aliphatic heterocycles. The minimum Gasteiger partial charge on any atom is -0.507 e. The number of carbonyl (C=O) groups excluding carboxylic acids is 3. The summed E-state index contributed by atoms with van der Waals surface area (Å²) in [5.41, 5.74) is 1.67. The van der Waals surface area contributed by atoms with Crippen LogP contribution in [0.5, 0.6) is 5.75 Å². The molecule has 0 saturated carbocycles. The maximum Gasteiger partial charge on any atom is 0.408 e. The Balaban J connectivity index is 2.50. The van der Waals surface area contributed by atoms with E-state index >= 15 is 0 Å². The molecule has 0 heterocycles. The molecule has 0 aliphatic rings. The first-order chi connectivity index (χ1) is 17.4. The van der Waals surface area contributed by atoms with Gasteiger partial charge in [0.2, 0.25) is 5.91 Å². The number of unbranched alkanes of at least 4 members (excludes halogenated alkanes) is 2. The van der Waals surface area contributed by atoms with Crippen LogP contribution in [-0.2, 0) is 14.3 Å². The monoisotopic (exact) mass is 511 g/mol. The lowest BCUT2D eigenvalue weighted by Crippen LogP contribution is -2.51. The van der Waals surface area contributed by atoms with Gasteiger partial charge >= 0.3 is 6.09 Å². The van der Waals surface area contributed by atoms with Gasteiger partial charge in [-0.15, -0.1) is 0 Å². The lowest BCUT2D eigenvalue weighted by Gasteiger charge is -2.34. The number of ether oxygens (including phenoxy) is 1. The normalized spacial score (nSPS) is 12.8. The standard InChI is InChI=1S/C29H41N3O5/c1-8-9-12-18-32(27(35)21(4)30-28(36)37-29(5,6)7)24(22-16-13-15-20(3)25(22)33)26(34)31-23-17-11-10-14-19(23)2/h10-11,13-17,21,24,33H,8-9,12,18H2,1-7H3,(H,30,36)(H,31,34). The van der Waals surface area contributed by atoms with Crippen molar-refractivity contribution in [2.75, 3.05) is 11.9 Å². The summed E-state index contributed by atoms with van der Waals surface area (Å²) in [5.74, 6) is -0.953. The van der Waals surface area contributed by atoms with E-state index in [1.807, 2.05) is 32.0 Å². The van der Waals surface area contributed by atoms with Gasteiger partial charge in [-0.2, -0.15) is 0 Å². The Morgan fingerprint density at radius 2 is 1.65 bits per heavy atom. The molecule has 0 radical (unpaired) electrons. The summed E-state index contributed by atoms with van der Waals surface area (Å²) in [6, 6.07) is 10.4. The topological polar surface area (TPSA) is 108 Å². The summed E-state index contributed by atoms with van der Waals surface area (Å²) >= 11 is 0. The number of anilines is 1. The van der Waals surface area contributed by atoms with E-state index in [-0.39, 0.29) is 12.3 Å². The molecule has 202 valence electrons. The first-order valence-electron chi connectivity index (χ1n) is 12.8. The molecule has 8 heteroatoms. The van der Waals surface area contributed by atoms with Crippen molar-refractivity contribution in [1.29, 1.82) is 0 Å². The molecule has 3 amide bonds. The molecule has 0 aromatic heterocycles. The van der Waals surface area contributed by atoms with Gasteiger partial charge in [-0.3, -0.25) is 9.59 Å². The Kier molecular flexibility index (Phi) is 10.5. The van der Waals surface area contributed by atoms with Gasteiger partial charge in [0.05, 0.1) is 0 Å². The Morgan fingerprint density at radius 3 is 2.27 bits per heavy atom. The Morgan fingerprint density at radius 1 is 1.00 bits per heavy atom. The zero-order valence-corrected chi connectivity index (χ0v) is 23.1. The number of alkyl carbamates (subject to hydrolysis) is 1. The fourth-order valence-electron chi connectivity index (χ4n) is 3.96. The molecule has 0 aliphatic carbocycles. The average molecular weight is 512 g/mol. The lowest BCUT2D eigenvalue weighted by molar-refractivity contribution is -0.140. The quantitative estimate of drug-likeness (QED) is 0.359. The van der Waals surface area contributed by atoms with Crippen molar-refractivity contribution in [1.82, 2.24) is 10.2 Å². The first-order valence-corrected chi connectivity index (χ1v) is 12.8. The van der Waals surface area contributed by atoms with Crippen LogP contribution in [0, 0.1) is 13.8 Å². The molecule has 0 bridgehead atoms. The highest BCUT2D eigenvalue weighted by Crippen LogP contribution is 2.33. The van der Waals surface area contributed by atoms with Gasteiger partial charge in [-0.25, -0.2) is 4.79 Å². The van der Waals surface area contributed by atoms with Crippen LogP contribution in [0.25, 0.3) is 0 Å². The zero-order chi connectivity index (χ0) is 27.8. The number of hydrogen-bond donors (Lipinski definition) is 3. The van der Waals surface area contributed by atoms with Gasteiger partial charge in [0.15, 0.2) is 0 Å². The largest absolute Gasteiger partial charge is 0.507 e. The number of aromatic hydroxyl groups is 1. The number of amides is 3. The van der Waals surface area contributed by atoms with Crippen molar-refractivity contribution in [2.24, 2.45) is 0 Å². The SMILES string of the molecule is CCCCCN(C(=O)C(C)NC(=O)OC(C)(C)C)C(C(=O)Nc1ccccc1C)c1cccc(C)c1O. The summed E-state index contributed by atoms with van der Waals surface area (Å²) in [7, 11) is 0. The van der Waals surface area contributed by atoms with Crippen molar-refractivity contribution < 1.29 is 24.2 Å². The second-order valence-corrected chi connectivity index (χ2v) is 10.3. The van der Waals surface area contributed by atoms with E-state index in [4.69, 9.17) is 4.74 Å². The van der Waals surface area contributed by atoms with Crippen molar-refractivity contribution >= 4 is 23.6 Å². The number of benzene rings is 2.